The molecule has 1 aliphatic heterocycles. The largest absolute Gasteiger partial charge is 0.491 e. The standard InChI is InChI=1S/C28H29ClFN3O3/c1-28(35,22-4-2-3-20(15-22)17-31)19-32-11-12-33(27(18-32)21-5-7-23(30)8-6-21)26-10-9-24(16-25(26)29)36-14-13-34/h2-10,15-16,27,34-35H,11-14,18-19H2,1H3. The van der Waals surface area contributed by atoms with E-state index in [2.05, 4.69) is 15.9 Å². The summed E-state index contributed by atoms with van der Waals surface area (Å²) in [6.45, 7) is 4.11. The van der Waals surface area contributed by atoms with E-state index in [1.165, 1.54) is 12.1 Å². The number of hydrogen-bond acceptors (Lipinski definition) is 6. The summed E-state index contributed by atoms with van der Waals surface area (Å²) in [6.07, 6.45) is 0. The molecule has 3 aromatic rings. The Labute approximate surface area is 215 Å². The lowest BCUT2D eigenvalue weighted by Crippen LogP contribution is -2.52. The summed E-state index contributed by atoms with van der Waals surface area (Å²) in [6, 6.07) is 20.9. The van der Waals surface area contributed by atoms with Crippen molar-refractivity contribution in [2.45, 2.75) is 18.6 Å². The molecule has 1 saturated heterocycles. The zero-order valence-electron chi connectivity index (χ0n) is 20.1. The van der Waals surface area contributed by atoms with Crippen molar-refractivity contribution in [3.63, 3.8) is 0 Å². The van der Waals surface area contributed by atoms with Crippen molar-refractivity contribution in [2.75, 3.05) is 44.3 Å². The molecule has 188 valence electrons. The van der Waals surface area contributed by atoms with Crippen LogP contribution in [0.2, 0.25) is 5.02 Å². The summed E-state index contributed by atoms with van der Waals surface area (Å²) in [5.74, 6) is 0.270. The fourth-order valence-corrected chi connectivity index (χ4v) is 4.95. The van der Waals surface area contributed by atoms with Crippen LogP contribution in [0.15, 0.2) is 66.7 Å². The summed E-state index contributed by atoms with van der Waals surface area (Å²) < 4.78 is 19.2. The molecule has 2 unspecified atom stereocenters. The maximum atomic E-state index is 13.7. The molecule has 36 heavy (non-hydrogen) atoms. The Balaban J connectivity index is 1.59. The quantitative estimate of drug-likeness (QED) is 0.465. The third kappa shape index (κ3) is 5.97. The lowest BCUT2D eigenvalue weighted by Gasteiger charge is -2.45. The van der Waals surface area contributed by atoms with Gasteiger partial charge in [0, 0.05) is 32.2 Å². The van der Waals surface area contributed by atoms with Crippen molar-refractivity contribution >= 4 is 17.3 Å². The van der Waals surface area contributed by atoms with Crippen molar-refractivity contribution in [2.24, 2.45) is 0 Å². The number of rotatable bonds is 8. The number of ether oxygens (including phenoxy) is 1. The van der Waals surface area contributed by atoms with Crippen molar-refractivity contribution < 1.29 is 19.3 Å². The molecule has 1 fully saturated rings. The molecule has 0 aliphatic carbocycles. The molecule has 0 aromatic heterocycles. The Morgan fingerprint density at radius 3 is 2.61 bits per heavy atom. The molecule has 0 radical (unpaired) electrons. The lowest BCUT2D eigenvalue weighted by molar-refractivity contribution is 0.0103. The van der Waals surface area contributed by atoms with Crippen LogP contribution in [0.25, 0.3) is 0 Å². The molecule has 1 aliphatic rings. The van der Waals surface area contributed by atoms with E-state index < -0.39 is 5.60 Å². The molecule has 2 atom stereocenters. The Morgan fingerprint density at radius 2 is 1.92 bits per heavy atom. The summed E-state index contributed by atoms with van der Waals surface area (Å²) in [5, 5.41) is 30.1. The molecule has 0 bridgehead atoms. The monoisotopic (exact) mass is 509 g/mol. The highest BCUT2D eigenvalue weighted by Gasteiger charge is 2.34. The van der Waals surface area contributed by atoms with Crippen molar-refractivity contribution in [1.29, 1.82) is 5.26 Å². The van der Waals surface area contributed by atoms with E-state index in [-0.39, 0.29) is 25.1 Å². The van der Waals surface area contributed by atoms with Crippen LogP contribution in [0.3, 0.4) is 0 Å². The first kappa shape index (κ1) is 25.9. The SMILES string of the molecule is CC(O)(CN1CCN(c2ccc(OCCO)cc2Cl)C(c2ccc(F)cc2)C1)c1cccc(C#N)c1. The molecule has 0 saturated carbocycles. The number of nitrogens with zero attached hydrogens (tertiary/aromatic N) is 3. The van der Waals surface area contributed by atoms with Gasteiger partial charge in [0.1, 0.15) is 18.2 Å². The molecule has 0 amide bonds. The average molecular weight is 510 g/mol. The number of piperazine rings is 1. The van der Waals surface area contributed by atoms with Gasteiger partial charge in [-0.2, -0.15) is 5.26 Å². The highest BCUT2D eigenvalue weighted by atomic mass is 35.5. The predicted molar refractivity (Wildman–Crippen MR) is 138 cm³/mol. The number of halogens is 2. The van der Waals surface area contributed by atoms with E-state index in [0.717, 1.165) is 11.3 Å². The van der Waals surface area contributed by atoms with Gasteiger partial charge >= 0.3 is 0 Å². The fraction of sp³-hybridized carbons (Fsp3) is 0.321. The summed E-state index contributed by atoms with van der Waals surface area (Å²) in [5.41, 5.74) is 1.79. The second-order valence-electron chi connectivity index (χ2n) is 9.15. The average Bonchev–Trinajstić information content (AvgIpc) is 2.88. The Bertz CT molecular complexity index is 1230. The zero-order chi connectivity index (χ0) is 25.7. The number of aliphatic hydroxyl groups excluding tert-OH is 1. The van der Waals surface area contributed by atoms with Gasteiger partial charge in [-0.25, -0.2) is 4.39 Å². The minimum Gasteiger partial charge on any atom is -0.491 e. The van der Waals surface area contributed by atoms with E-state index in [9.17, 15) is 14.8 Å². The second-order valence-corrected chi connectivity index (χ2v) is 9.55. The number of aliphatic hydroxyl groups is 2. The number of hydrogen-bond donors (Lipinski definition) is 2. The first-order valence-electron chi connectivity index (χ1n) is 11.8. The van der Waals surface area contributed by atoms with Gasteiger partial charge in [0.05, 0.1) is 40.6 Å². The van der Waals surface area contributed by atoms with Gasteiger partial charge < -0.3 is 19.8 Å². The van der Waals surface area contributed by atoms with E-state index in [0.29, 0.717) is 48.1 Å². The van der Waals surface area contributed by atoms with E-state index in [4.69, 9.17) is 21.4 Å². The normalized spacial score (nSPS) is 17.9. The second kappa shape index (κ2) is 11.3. The third-order valence-corrected chi connectivity index (χ3v) is 6.76. The van der Waals surface area contributed by atoms with Gasteiger partial charge in [0.25, 0.3) is 0 Å². The van der Waals surface area contributed by atoms with Crippen LogP contribution in [0.1, 0.15) is 29.7 Å². The highest BCUT2D eigenvalue weighted by molar-refractivity contribution is 6.33. The summed E-state index contributed by atoms with van der Waals surface area (Å²) in [7, 11) is 0. The highest BCUT2D eigenvalue weighted by Crippen LogP contribution is 2.38. The number of nitriles is 1. The Hall–Kier alpha value is -3.15. The molecular formula is C28H29ClFN3O3. The topological polar surface area (TPSA) is 80.0 Å². The van der Waals surface area contributed by atoms with Crippen LogP contribution in [0, 0.1) is 17.1 Å². The molecule has 2 N–H and O–H groups in total. The van der Waals surface area contributed by atoms with Gasteiger partial charge in [0.2, 0.25) is 0 Å². The third-order valence-electron chi connectivity index (χ3n) is 6.45. The first-order valence-corrected chi connectivity index (χ1v) is 12.2. The zero-order valence-corrected chi connectivity index (χ0v) is 20.8. The van der Waals surface area contributed by atoms with Gasteiger partial charge in [-0.1, -0.05) is 35.9 Å². The molecule has 1 heterocycles. The van der Waals surface area contributed by atoms with E-state index in [1.54, 1.807) is 43.3 Å². The van der Waals surface area contributed by atoms with E-state index in [1.807, 2.05) is 18.2 Å². The number of β-amino-alcohol motifs (C(OH)–C–C–N with tert-alkyl or cyclic N) is 1. The van der Waals surface area contributed by atoms with Crippen LogP contribution in [-0.4, -0.2) is 54.5 Å². The smallest absolute Gasteiger partial charge is 0.123 e. The van der Waals surface area contributed by atoms with Crippen LogP contribution in [0.4, 0.5) is 10.1 Å². The Kier molecular flexibility index (Phi) is 8.12. The maximum Gasteiger partial charge on any atom is 0.123 e. The van der Waals surface area contributed by atoms with Crippen molar-refractivity contribution in [3.05, 3.63) is 94.3 Å². The first-order chi connectivity index (χ1) is 17.3. The molecule has 6 nitrogen and oxygen atoms in total. The van der Waals surface area contributed by atoms with Crippen LogP contribution in [-0.2, 0) is 5.60 Å². The molecule has 0 spiro atoms. The minimum atomic E-state index is -1.16. The van der Waals surface area contributed by atoms with Gasteiger partial charge in [-0.05, 0) is 54.4 Å². The number of benzene rings is 3. The predicted octanol–water partition coefficient (Wildman–Crippen LogP) is 4.49. The Morgan fingerprint density at radius 1 is 1.14 bits per heavy atom. The summed E-state index contributed by atoms with van der Waals surface area (Å²) >= 11 is 6.65. The van der Waals surface area contributed by atoms with Gasteiger partial charge in [0.15, 0.2) is 0 Å². The van der Waals surface area contributed by atoms with Gasteiger partial charge in [-0.15, -0.1) is 0 Å². The van der Waals surface area contributed by atoms with Crippen LogP contribution >= 0.6 is 11.6 Å². The number of anilines is 1. The fourth-order valence-electron chi connectivity index (χ4n) is 4.67. The molecule has 8 heteroatoms. The minimum absolute atomic E-state index is 0.0848. The van der Waals surface area contributed by atoms with Crippen LogP contribution < -0.4 is 9.64 Å². The molecule has 3 aromatic carbocycles. The van der Waals surface area contributed by atoms with E-state index >= 15 is 0 Å². The van der Waals surface area contributed by atoms with Crippen molar-refractivity contribution in [3.8, 4) is 11.8 Å². The maximum absolute atomic E-state index is 13.7. The lowest BCUT2D eigenvalue weighted by atomic mass is 9.92. The van der Waals surface area contributed by atoms with Crippen LogP contribution in [0.5, 0.6) is 5.75 Å². The molecule has 4 rings (SSSR count). The summed E-state index contributed by atoms with van der Waals surface area (Å²) in [4.78, 5) is 4.36. The van der Waals surface area contributed by atoms with Crippen molar-refractivity contribution in [1.82, 2.24) is 4.90 Å². The molecular weight excluding hydrogens is 481 g/mol. The van der Waals surface area contributed by atoms with Gasteiger partial charge in [-0.3, -0.25) is 4.90 Å².